The third-order valence-corrected chi connectivity index (χ3v) is 3.36. The normalized spacial score (nSPS) is 19.4. The smallest absolute Gasteiger partial charge is 0.252 e. The van der Waals surface area contributed by atoms with Gasteiger partial charge in [-0.2, -0.15) is 10.5 Å². The van der Waals surface area contributed by atoms with Gasteiger partial charge in [0.1, 0.15) is 12.1 Å². The Hall–Kier alpha value is -3.38. The van der Waals surface area contributed by atoms with Crippen LogP contribution in [0.5, 0.6) is 0 Å². The first-order chi connectivity index (χ1) is 10.6. The molecule has 0 N–H and O–H groups in total. The van der Waals surface area contributed by atoms with Crippen molar-refractivity contribution >= 4 is 17.5 Å². The summed E-state index contributed by atoms with van der Waals surface area (Å²) in [7, 11) is 0. The molecular weight excluding hydrogens is 280 g/mol. The van der Waals surface area contributed by atoms with Gasteiger partial charge in [0, 0.05) is 5.56 Å². The minimum absolute atomic E-state index is 0.415. The zero-order chi connectivity index (χ0) is 16.3. The van der Waals surface area contributed by atoms with E-state index in [1.807, 2.05) is 12.1 Å². The maximum atomic E-state index is 12.2. The molecule has 0 aromatic heterocycles. The van der Waals surface area contributed by atoms with Crippen molar-refractivity contribution in [2.24, 2.45) is 0 Å². The van der Waals surface area contributed by atoms with Crippen LogP contribution < -0.4 is 4.90 Å². The van der Waals surface area contributed by atoms with Crippen LogP contribution in [0.25, 0.3) is 0 Å². The van der Waals surface area contributed by atoms with E-state index in [1.165, 1.54) is 0 Å². The largest absolute Gasteiger partial charge is 0.285 e. The van der Waals surface area contributed by atoms with E-state index < -0.39 is 24.0 Å². The molecule has 0 saturated heterocycles. The second kappa shape index (κ2) is 5.94. The Kier molecular flexibility index (Phi) is 4.06. The fourth-order valence-corrected chi connectivity index (χ4v) is 2.43. The van der Waals surface area contributed by atoms with Crippen molar-refractivity contribution in [2.75, 3.05) is 4.90 Å². The number of carbonyl (C=O) groups is 2. The molecule has 0 radical (unpaired) electrons. The Labute approximate surface area is 127 Å². The molecule has 0 bridgehead atoms. The first-order valence-corrected chi connectivity index (χ1v) is 6.39. The SMILES string of the molecule is C=CC(=O)N1c2ccccc2C(C#N)N(C(=O)C=C)C1C#N. The second-order valence-corrected chi connectivity index (χ2v) is 4.46. The van der Waals surface area contributed by atoms with Crippen molar-refractivity contribution in [3.63, 3.8) is 0 Å². The molecule has 1 heterocycles. The number of rotatable bonds is 2. The van der Waals surface area contributed by atoms with E-state index in [2.05, 4.69) is 13.2 Å². The van der Waals surface area contributed by atoms with Crippen LogP contribution >= 0.6 is 0 Å². The summed E-state index contributed by atoms with van der Waals surface area (Å²) in [5.74, 6) is -1.13. The molecule has 2 atom stereocenters. The average Bonchev–Trinajstić information content (AvgIpc) is 2.57. The molecule has 2 amide bonds. The molecule has 1 aromatic carbocycles. The molecule has 1 aliphatic heterocycles. The number of para-hydroxylation sites is 1. The number of nitrogens with zero attached hydrogens (tertiary/aromatic N) is 4. The highest BCUT2D eigenvalue weighted by molar-refractivity contribution is 6.04. The van der Waals surface area contributed by atoms with Gasteiger partial charge in [-0.05, 0) is 18.2 Å². The van der Waals surface area contributed by atoms with E-state index in [1.54, 1.807) is 24.3 Å². The lowest BCUT2D eigenvalue weighted by Gasteiger charge is -2.42. The van der Waals surface area contributed by atoms with E-state index in [0.29, 0.717) is 11.3 Å². The minimum Gasteiger partial charge on any atom is -0.285 e. The quantitative estimate of drug-likeness (QED) is 0.775. The van der Waals surface area contributed by atoms with Crippen LogP contribution in [0.3, 0.4) is 0 Å². The number of nitriles is 2. The van der Waals surface area contributed by atoms with Gasteiger partial charge >= 0.3 is 0 Å². The van der Waals surface area contributed by atoms with Gasteiger partial charge in [-0.1, -0.05) is 31.4 Å². The fraction of sp³-hybridized carbons (Fsp3) is 0.125. The summed E-state index contributed by atoms with van der Waals surface area (Å²) in [4.78, 5) is 26.5. The molecule has 6 nitrogen and oxygen atoms in total. The number of carbonyl (C=O) groups excluding carboxylic acids is 2. The number of benzene rings is 1. The van der Waals surface area contributed by atoms with E-state index in [4.69, 9.17) is 0 Å². The number of amides is 2. The van der Waals surface area contributed by atoms with Gasteiger partial charge in [-0.25, -0.2) is 0 Å². The molecular formula is C16H12N4O2. The first-order valence-electron chi connectivity index (χ1n) is 6.39. The standard InChI is InChI=1S/C16H12N4O2/c1-3-15(21)19-12-8-6-5-7-11(12)13(9-17)20(14(19)10-18)16(22)4-2/h3-8,13-14H,1-2H2. The van der Waals surface area contributed by atoms with Gasteiger partial charge in [-0.15, -0.1) is 0 Å². The predicted octanol–water partition coefficient (Wildman–Crippen LogP) is 1.65. The Morgan fingerprint density at radius 1 is 1.09 bits per heavy atom. The maximum absolute atomic E-state index is 12.2. The lowest BCUT2D eigenvalue weighted by atomic mass is 9.98. The molecule has 2 unspecified atom stereocenters. The van der Waals surface area contributed by atoms with Crippen LogP contribution in [0.15, 0.2) is 49.6 Å². The van der Waals surface area contributed by atoms with Crippen LogP contribution in [-0.2, 0) is 9.59 Å². The highest BCUT2D eigenvalue weighted by Gasteiger charge is 2.43. The summed E-state index contributed by atoms with van der Waals surface area (Å²) in [6.07, 6.45) is 0.833. The molecule has 6 heteroatoms. The highest BCUT2D eigenvalue weighted by Crippen LogP contribution is 2.38. The molecule has 1 aromatic rings. The van der Waals surface area contributed by atoms with Crippen LogP contribution in [0.2, 0.25) is 0 Å². The van der Waals surface area contributed by atoms with Crippen LogP contribution in [0, 0.1) is 22.7 Å². The van der Waals surface area contributed by atoms with E-state index in [-0.39, 0.29) is 0 Å². The van der Waals surface area contributed by atoms with Gasteiger partial charge in [0.05, 0.1) is 11.8 Å². The molecule has 0 fully saturated rings. The Bertz CT molecular complexity index is 741. The Balaban J connectivity index is 2.75. The predicted molar refractivity (Wildman–Crippen MR) is 78.9 cm³/mol. The van der Waals surface area contributed by atoms with Gasteiger partial charge in [0.25, 0.3) is 5.91 Å². The van der Waals surface area contributed by atoms with Gasteiger partial charge in [0.15, 0.2) is 0 Å². The lowest BCUT2D eigenvalue weighted by molar-refractivity contribution is -0.129. The summed E-state index contributed by atoms with van der Waals surface area (Å²) >= 11 is 0. The average molecular weight is 292 g/mol. The number of hydrogen-bond acceptors (Lipinski definition) is 4. The maximum Gasteiger partial charge on any atom is 0.252 e. The summed E-state index contributed by atoms with van der Waals surface area (Å²) in [6.45, 7) is 6.80. The number of anilines is 1. The zero-order valence-corrected chi connectivity index (χ0v) is 11.6. The number of fused-ring (bicyclic) bond motifs is 1. The molecule has 22 heavy (non-hydrogen) atoms. The molecule has 2 rings (SSSR count). The van der Waals surface area contributed by atoms with E-state index >= 15 is 0 Å². The van der Waals surface area contributed by atoms with Crippen LogP contribution in [0.4, 0.5) is 5.69 Å². The molecule has 0 saturated carbocycles. The highest BCUT2D eigenvalue weighted by atomic mass is 16.2. The summed E-state index contributed by atoms with van der Waals surface area (Å²) in [5, 5.41) is 18.9. The second-order valence-electron chi connectivity index (χ2n) is 4.46. The molecule has 1 aliphatic rings. The number of hydrogen-bond donors (Lipinski definition) is 0. The molecule has 0 spiro atoms. The Morgan fingerprint density at radius 2 is 1.73 bits per heavy atom. The lowest BCUT2D eigenvalue weighted by Crippen LogP contribution is -2.56. The van der Waals surface area contributed by atoms with Crippen LogP contribution in [-0.4, -0.2) is 22.9 Å². The summed E-state index contributed by atoms with van der Waals surface area (Å²) < 4.78 is 0. The van der Waals surface area contributed by atoms with Gasteiger partial charge in [-0.3, -0.25) is 19.4 Å². The van der Waals surface area contributed by atoms with Crippen LogP contribution in [0.1, 0.15) is 11.6 Å². The summed E-state index contributed by atoms with van der Waals surface area (Å²) in [6, 6.07) is 9.60. The third-order valence-electron chi connectivity index (χ3n) is 3.36. The van der Waals surface area contributed by atoms with E-state index in [9.17, 15) is 20.1 Å². The summed E-state index contributed by atoms with van der Waals surface area (Å²) in [5.41, 5.74) is 0.889. The van der Waals surface area contributed by atoms with Crippen molar-refractivity contribution < 1.29 is 9.59 Å². The molecule has 108 valence electrons. The fourth-order valence-electron chi connectivity index (χ4n) is 2.43. The first kappa shape index (κ1) is 15.0. The minimum atomic E-state index is -1.24. The zero-order valence-electron chi connectivity index (χ0n) is 11.6. The topological polar surface area (TPSA) is 88.2 Å². The van der Waals surface area contributed by atoms with Crippen molar-refractivity contribution in [3.8, 4) is 12.1 Å². The Morgan fingerprint density at radius 3 is 2.27 bits per heavy atom. The van der Waals surface area contributed by atoms with Crippen molar-refractivity contribution in [2.45, 2.75) is 12.2 Å². The van der Waals surface area contributed by atoms with Crippen molar-refractivity contribution in [3.05, 3.63) is 55.1 Å². The monoisotopic (exact) mass is 292 g/mol. The third kappa shape index (κ3) is 2.13. The van der Waals surface area contributed by atoms with Crippen molar-refractivity contribution in [1.82, 2.24) is 4.90 Å². The van der Waals surface area contributed by atoms with Gasteiger partial charge in [0.2, 0.25) is 12.1 Å². The molecule has 0 aliphatic carbocycles. The van der Waals surface area contributed by atoms with E-state index in [0.717, 1.165) is 22.0 Å². The van der Waals surface area contributed by atoms with Gasteiger partial charge < -0.3 is 0 Å². The van der Waals surface area contributed by atoms with Crippen molar-refractivity contribution in [1.29, 1.82) is 10.5 Å².